The maximum absolute atomic E-state index is 12.8. The van der Waals surface area contributed by atoms with Crippen molar-refractivity contribution in [1.29, 1.82) is 0 Å². The minimum absolute atomic E-state index is 0.164. The van der Waals surface area contributed by atoms with Crippen molar-refractivity contribution in [3.05, 3.63) is 59.7 Å². The number of benzene rings is 2. The highest BCUT2D eigenvalue weighted by Gasteiger charge is 2.65. The molecule has 0 unspecified atom stereocenters. The minimum atomic E-state index is -9.73. The molecular weight excluding hydrogens is 471 g/mol. The first-order valence-electron chi connectivity index (χ1n) is 12.0. The van der Waals surface area contributed by atoms with Gasteiger partial charge in [0.1, 0.15) is 10.6 Å². The quantitative estimate of drug-likeness (QED) is 0.139. The lowest BCUT2D eigenvalue weighted by Crippen LogP contribution is -2.25. The van der Waals surface area contributed by atoms with Crippen molar-refractivity contribution >= 4 is 16.2 Å². The van der Waals surface area contributed by atoms with E-state index in [9.17, 15) is 24.2 Å². The third-order valence-electron chi connectivity index (χ3n) is 6.57. The molecule has 0 aromatic heterocycles. The van der Waals surface area contributed by atoms with E-state index >= 15 is 0 Å². The summed E-state index contributed by atoms with van der Waals surface area (Å²) in [6.45, 7) is 2.21. The Balaban J connectivity index is 1.47. The highest BCUT2D eigenvalue weighted by Crippen LogP contribution is 3.02. The Morgan fingerprint density at radius 3 is 1.97 bits per heavy atom. The van der Waals surface area contributed by atoms with Gasteiger partial charge < -0.3 is 4.74 Å². The second kappa shape index (κ2) is 9.88. The molecule has 190 valence electrons. The summed E-state index contributed by atoms with van der Waals surface area (Å²) in [7, 11) is -9.73. The summed E-state index contributed by atoms with van der Waals surface area (Å²) in [6.07, 6.45) is 10.2. The van der Waals surface area contributed by atoms with Crippen molar-refractivity contribution in [3.8, 4) is 5.75 Å². The molecule has 34 heavy (non-hydrogen) atoms. The normalized spacial score (nSPS) is 20.9. The molecule has 0 bridgehead atoms. The van der Waals surface area contributed by atoms with Crippen molar-refractivity contribution in [2.45, 2.75) is 81.9 Å². The Hall–Kier alpha value is -2.09. The van der Waals surface area contributed by atoms with Crippen molar-refractivity contribution in [1.82, 2.24) is 0 Å². The second-order valence-corrected chi connectivity index (χ2v) is 11.7. The molecule has 0 atom stereocenters. The van der Waals surface area contributed by atoms with Gasteiger partial charge in [0.05, 0.1) is 5.92 Å². The first-order valence-corrected chi connectivity index (χ1v) is 14.0. The standard InChI is InChI=1S/C26H33F5O2S/c1-2-3-4-5-6-7-20-8-10-21(11-9-20)22-12-14-23(15-13-22)26(32)33-24-16-18-25(19-17-24)34(27,28,29,30)31/h8-11,16-19,22-23H,2-7,12-15H2,1H3/t22-,23-. The van der Waals surface area contributed by atoms with Gasteiger partial charge in [-0.3, -0.25) is 4.79 Å². The average molecular weight is 505 g/mol. The Labute approximate surface area is 198 Å². The molecule has 0 spiro atoms. The van der Waals surface area contributed by atoms with Crippen LogP contribution >= 0.6 is 10.2 Å². The van der Waals surface area contributed by atoms with E-state index in [1.807, 2.05) is 0 Å². The summed E-state index contributed by atoms with van der Waals surface area (Å²) in [5, 5.41) is 0. The van der Waals surface area contributed by atoms with Crippen LogP contribution in [0.15, 0.2) is 53.4 Å². The molecule has 8 heteroatoms. The molecule has 0 heterocycles. The van der Waals surface area contributed by atoms with Gasteiger partial charge in [0.25, 0.3) is 0 Å². The topological polar surface area (TPSA) is 26.3 Å². The number of aryl methyl sites for hydroxylation is 1. The number of carbonyl (C=O) groups excluding carboxylic acids is 1. The van der Waals surface area contributed by atoms with E-state index in [4.69, 9.17) is 4.74 Å². The molecule has 2 nitrogen and oxygen atoms in total. The van der Waals surface area contributed by atoms with Crippen LogP contribution in [0.1, 0.15) is 81.8 Å². The number of esters is 1. The van der Waals surface area contributed by atoms with Gasteiger partial charge in [-0.25, -0.2) is 0 Å². The van der Waals surface area contributed by atoms with Crippen LogP contribution in [-0.2, 0) is 11.2 Å². The van der Waals surface area contributed by atoms with Gasteiger partial charge in [0.15, 0.2) is 0 Å². The van der Waals surface area contributed by atoms with E-state index in [1.165, 1.54) is 43.2 Å². The van der Waals surface area contributed by atoms with Crippen molar-refractivity contribution < 1.29 is 29.0 Å². The molecule has 1 aliphatic rings. The Kier molecular flexibility index (Phi) is 7.70. The summed E-state index contributed by atoms with van der Waals surface area (Å²) in [5.41, 5.74) is 2.60. The van der Waals surface area contributed by atoms with Crippen LogP contribution in [0.4, 0.5) is 19.4 Å². The van der Waals surface area contributed by atoms with Gasteiger partial charge in [-0.1, -0.05) is 76.3 Å². The number of rotatable bonds is 10. The molecule has 3 rings (SSSR count). The molecule has 0 radical (unpaired) electrons. The zero-order valence-electron chi connectivity index (χ0n) is 19.5. The Bertz CT molecular complexity index is 948. The minimum Gasteiger partial charge on any atom is -0.426 e. The van der Waals surface area contributed by atoms with E-state index in [-0.39, 0.29) is 23.8 Å². The lowest BCUT2D eigenvalue weighted by molar-refractivity contribution is -0.140. The summed E-state index contributed by atoms with van der Waals surface area (Å²) in [4.78, 5) is 10.4. The summed E-state index contributed by atoms with van der Waals surface area (Å²) < 4.78 is 69.3. The molecule has 1 fully saturated rings. The van der Waals surface area contributed by atoms with Gasteiger partial charge in [-0.2, -0.15) is 0 Å². The Morgan fingerprint density at radius 1 is 0.824 bits per heavy atom. The number of halogens is 5. The first-order chi connectivity index (χ1) is 15.9. The number of hydrogen-bond acceptors (Lipinski definition) is 2. The molecule has 1 saturated carbocycles. The van der Waals surface area contributed by atoms with Crippen LogP contribution in [0.25, 0.3) is 0 Å². The van der Waals surface area contributed by atoms with Crippen LogP contribution in [0.2, 0.25) is 0 Å². The van der Waals surface area contributed by atoms with Gasteiger partial charge in [0, 0.05) is 0 Å². The maximum atomic E-state index is 12.8. The predicted molar refractivity (Wildman–Crippen MR) is 127 cm³/mol. The Morgan fingerprint density at radius 2 is 1.41 bits per heavy atom. The molecule has 2 aromatic rings. The zero-order valence-corrected chi connectivity index (χ0v) is 20.3. The summed E-state index contributed by atoms with van der Waals surface area (Å²) >= 11 is 0. The number of ether oxygens (including phenoxy) is 1. The molecule has 1 aliphatic carbocycles. The largest absolute Gasteiger partial charge is 0.426 e. The van der Waals surface area contributed by atoms with E-state index in [1.54, 1.807) is 0 Å². The second-order valence-electron chi connectivity index (χ2n) is 9.32. The smallest absolute Gasteiger partial charge is 0.314 e. The van der Waals surface area contributed by atoms with Gasteiger partial charge in [-0.05, 0) is 79.8 Å². The van der Waals surface area contributed by atoms with Crippen LogP contribution in [-0.4, -0.2) is 5.97 Å². The predicted octanol–water partition coefficient (Wildman–Crippen LogP) is 9.74. The van der Waals surface area contributed by atoms with Crippen LogP contribution < -0.4 is 4.74 Å². The molecule has 0 amide bonds. The third-order valence-corrected chi connectivity index (χ3v) is 7.73. The highest BCUT2D eigenvalue weighted by atomic mass is 32.5. The fourth-order valence-corrected chi connectivity index (χ4v) is 5.17. The van der Waals surface area contributed by atoms with E-state index in [0.717, 1.165) is 31.4 Å². The lowest BCUT2D eigenvalue weighted by Gasteiger charge is -2.40. The highest BCUT2D eigenvalue weighted by molar-refractivity contribution is 8.45. The molecular formula is C26H33F5O2S. The summed E-state index contributed by atoms with van der Waals surface area (Å²) in [5.74, 6) is -0.687. The first kappa shape index (κ1) is 26.5. The number of carbonyl (C=O) groups is 1. The van der Waals surface area contributed by atoms with Crippen LogP contribution in [0.3, 0.4) is 0 Å². The van der Waals surface area contributed by atoms with Crippen LogP contribution in [0, 0.1) is 5.92 Å². The SMILES string of the molecule is CCCCCCCc1ccc([C@H]2CC[C@H](C(=O)Oc3ccc(S(F)(F)(F)(F)F)cc3)CC2)cc1. The molecule has 0 N–H and O–H groups in total. The van der Waals surface area contributed by atoms with Gasteiger partial charge in [-0.15, -0.1) is 0 Å². The number of hydrogen-bond donors (Lipinski definition) is 0. The van der Waals surface area contributed by atoms with Crippen molar-refractivity contribution in [3.63, 3.8) is 0 Å². The number of unbranched alkanes of at least 4 members (excludes halogenated alkanes) is 4. The van der Waals surface area contributed by atoms with Crippen molar-refractivity contribution in [2.24, 2.45) is 5.92 Å². The molecule has 0 aliphatic heterocycles. The summed E-state index contributed by atoms with van der Waals surface area (Å²) in [6, 6.07) is 10.8. The maximum Gasteiger partial charge on any atom is 0.314 e. The van der Waals surface area contributed by atoms with Crippen LogP contribution in [0.5, 0.6) is 5.75 Å². The monoisotopic (exact) mass is 504 g/mol. The third kappa shape index (κ3) is 7.72. The van der Waals surface area contributed by atoms with Gasteiger partial charge >= 0.3 is 16.2 Å². The lowest BCUT2D eigenvalue weighted by atomic mass is 9.78. The van der Waals surface area contributed by atoms with E-state index < -0.39 is 21.1 Å². The molecule has 0 saturated heterocycles. The molecule has 2 aromatic carbocycles. The average Bonchev–Trinajstić information content (AvgIpc) is 2.78. The zero-order chi connectivity index (χ0) is 24.9. The fraction of sp³-hybridized carbons (Fsp3) is 0.500. The van der Waals surface area contributed by atoms with Gasteiger partial charge in [0.2, 0.25) is 0 Å². The van der Waals surface area contributed by atoms with E-state index in [0.29, 0.717) is 18.8 Å². The van der Waals surface area contributed by atoms with Crippen molar-refractivity contribution in [2.75, 3.05) is 0 Å². The fourth-order valence-electron chi connectivity index (χ4n) is 4.52. The van der Waals surface area contributed by atoms with E-state index in [2.05, 4.69) is 31.2 Å².